The van der Waals surface area contributed by atoms with Gasteiger partial charge in [0.15, 0.2) is 0 Å². The lowest BCUT2D eigenvalue weighted by Crippen LogP contribution is -2.56. The number of nitrogens with one attached hydrogen (secondary N) is 2. The molecule has 0 aliphatic heterocycles. The van der Waals surface area contributed by atoms with Gasteiger partial charge in [-0.15, -0.1) is 0 Å². The van der Waals surface area contributed by atoms with Crippen LogP contribution in [0.3, 0.4) is 0 Å². The first-order valence-electron chi connectivity index (χ1n) is 10.6. The van der Waals surface area contributed by atoms with E-state index in [2.05, 4.69) is 23.3 Å². The number of amides is 2. The smallest absolute Gasteiger partial charge is 0.326 e. The summed E-state index contributed by atoms with van der Waals surface area (Å²) in [6.07, 6.45) is 2.23. The number of carboxylic acid groups (broad SMARTS) is 1. The lowest BCUT2D eigenvalue weighted by atomic mass is 10.0. The molecule has 32 heavy (non-hydrogen) atoms. The van der Waals surface area contributed by atoms with Crippen molar-refractivity contribution in [3.05, 3.63) is 30.3 Å². The molecule has 0 saturated heterocycles. The Morgan fingerprint density at radius 3 is 2.25 bits per heavy atom. The van der Waals surface area contributed by atoms with Crippen molar-refractivity contribution in [1.82, 2.24) is 10.6 Å². The molecule has 0 heterocycles. The summed E-state index contributed by atoms with van der Waals surface area (Å²) in [5.74, 6) is -0.819. The second-order valence-corrected chi connectivity index (χ2v) is 9.34. The predicted molar refractivity (Wildman–Crippen MR) is 134 cm³/mol. The van der Waals surface area contributed by atoms with Gasteiger partial charge in [-0.05, 0) is 43.4 Å². The van der Waals surface area contributed by atoms with Crippen LogP contribution < -0.4 is 21.3 Å². The maximum Gasteiger partial charge on any atom is 0.326 e. The lowest BCUT2D eigenvalue weighted by molar-refractivity contribution is -0.142. The third-order valence-corrected chi connectivity index (χ3v) is 6.26. The molecule has 5 N–H and O–H groups in total. The van der Waals surface area contributed by atoms with Crippen LogP contribution in [0.15, 0.2) is 30.3 Å². The molecule has 4 atom stereocenters. The van der Waals surface area contributed by atoms with E-state index in [0.29, 0.717) is 18.7 Å². The number of carboxylic acids is 1. The number of nitrogens with two attached hydrogens (primary N) is 1. The largest absolute Gasteiger partial charge is 0.480 e. The number of nitrogens with zero attached hydrogens (tertiary/aromatic N) is 1. The van der Waals surface area contributed by atoms with Crippen LogP contribution in [0.2, 0.25) is 0 Å². The molecule has 0 fully saturated rings. The minimum atomic E-state index is -1.06. The standard InChI is InChI=1S/C22H36N4O4S2/c1-14(2)19(25-21(28)17(23)13-31)12-26(16-8-6-5-7-9-16)15(3)20(27)24-18(22(29)30)10-11-32-4/h5-9,14-15,17-19,31H,10-13,23H2,1-4H3,(H,24,27)(H,25,28)(H,29,30)/t15-,17-,18-,19+/m0/s1. The average Bonchev–Trinajstić information content (AvgIpc) is 2.78. The van der Waals surface area contributed by atoms with Crippen molar-refractivity contribution < 1.29 is 19.5 Å². The number of anilines is 1. The number of rotatable bonds is 14. The summed E-state index contributed by atoms with van der Waals surface area (Å²) in [7, 11) is 0. The number of carbonyl (C=O) groups is 3. The van der Waals surface area contributed by atoms with E-state index in [1.165, 1.54) is 11.8 Å². The van der Waals surface area contributed by atoms with Crippen molar-refractivity contribution in [2.45, 2.75) is 51.4 Å². The zero-order valence-electron chi connectivity index (χ0n) is 19.2. The third kappa shape index (κ3) is 8.91. The van der Waals surface area contributed by atoms with Gasteiger partial charge in [-0.2, -0.15) is 24.4 Å². The summed E-state index contributed by atoms with van der Waals surface area (Å²) < 4.78 is 0. The first kappa shape index (κ1) is 28.1. The van der Waals surface area contributed by atoms with Crippen molar-refractivity contribution in [3.63, 3.8) is 0 Å². The molecular formula is C22H36N4O4S2. The Hall–Kier alpha value is -1.91. The van der Waals surface area contributed by atoms with Gasteiger partial charge >= 0.3 is 5.97 Å². The van der Waals surface area contributed by atoms with Gasteiger partial charge in [-0.25, -0.2) is 4.79 Å². The molecule has 1 rings (SSSR count). The molecule has 0 aliphatic carbocycles. The number of carbonyl (C=O) groups excluding carboxylic acids is 2. The highest BCUT2D eigenvalue weighted by Crippen LogP contribution is 2.19. The molecule has 0 spiro atoms. The Labute approximate surface area is 200 Å². The molecule has 0 aromatic heterocycles. The van der Waals surface area contributed by atoms with Gasteiger partial charge in [0.25, 0.3) is 0 Å². The number of thiol groups is 1. The van der Waals surface area contributed by atoms with E-state index < -0.39 is 24.1 Å². The Balaban J connectivity index is 3.10. The molecule has 0 aliphatic rings. The van der Waals surface area contributed by atoms with E-state index in [9.17, 15) is 19.5 Å². The molecule has 1 aromatic carbocycles. The van der Waals surface area contributed by atoms with Crippen molar-refractivity contribution in [1.29, 1.82) is 0 Å². The van der Waals surface area contributed by atoms with Gasteiger partial charge in [-0.1, -0.05) is 32.0 Å². The van der Waals surface area contributed by atoms with E-state index >= 15 is 0 Å². The van der Waals surface area contributed by atoms with Crippen LogP contribution in [0, 0.1) is 5.92 Å². The Morgan fingerprint density at radius 2 is 1.75 bits per heavy atom. The zero-order chi connectivity index (χ0) is 24.3. The van der Waals surface area contributed by atoms with Gasteiger partial charge in [0.05, 0.1) is 6.04 Å². The summed E-state index contributed by atoms with van der Waals surface area (Å²) in [6, 6.07) is 6.75. The van der Waals surface area contributed by atoms with Crippen molar-refractivity contribution >= 4 is 47.9 Å². The Morgan fingerprint density at radius 1 is 1.12 bits per heavy atom. The molecule has 0 saturated carbocycles. The van der Waals surface area contributed by atoms with E-state index in [0.717, 1.165) is 5.69 Å². The molecule has 0 radical (unpaired) electrons. The second-order valence-electron chi connectivity index (χ2n) is 7.99. The topological polar surface area (TPSA) is 125 Å². The molecule has 180 valence electrons. The molecule has 1 aromatic rings. The number of aliphatic carboxylic acids is 1. The SMILES string of the molecule is CSCC[C@H](NC(=O)[C@H](C)N(C[C@@H](NC(=O)[C@@H](N)CS)C(C)C)c1ccccc1)C(=O)O. The van der Waals surface area contributed by atoms with Crippen molar-refractivity contribution in [2.75, 3.05) is 29.2 Å². The number of para-hydroxylation sites is 1. The maximum absolute atomic E-state index is 13.0. The normalized spacial score (nSPS) is 14.8. The lowest BCUT2D eigenvalue weighted by Gasteiger charge is -2.36. The van der Waals surface area contributed by atoms with E-state index in [1.807, 2.05) is 55.3 Å². The Kier molecular flexibility index (Phi) is 12.6. The van der Waals surface area contributed by atoms with E-state index in [-0.39, 0.29) is 29.5 Å². The van der Waals surface area contributed by atoms with Crippen LogP contribution in [0.4, 0.5) is 5.69 Å². The van der Waals surface area contributed by atoms with Gasteiger partial charge in [0.1, 0.15) is 12.1 Å². The molecule has 8 nitrogen and oxygen atoms in total. The fourth-order valence-corrected chi connectivity index (χ4v) is 3.68. The minimum Gasteiger partial charge on any atom is -0.480 e. The Bertz CT molecular complexity index is 736. The molecule has 2 amide bonds. The summed E-state index contributed by atoms with van der Waals surface area (Å²) in [5.41, 5.74) is 6.61. The quantitative estimate of drug-likeness (QED) is 0.254. The number of thioether (sulfide) groups is 1. The van der Waals surface area contributed by atoms with E-state index in [4.69, 9.17) is 5.73 Å². The van der Waals surface area contributed by atoms with Crippen molar-refractivity contribution in [3.8, 4) is 0 Å². The number of hydrogen-bond donors (Lipinski definition) is 5. The fraction of sp³-hybridized carbons (Fsp3) is 0.591. The van der Waals surface area contributed by atoms with Crippen LogP contribution in [-0.2, 0) is 14.4 Å². The van der Waals surface area contributed by atoms with Crippen molar-refractivity contribution in [2.24, 2.45) is 11.7 Å². The summed E-state index contributed by atoms with van der Waals surface area (Å²) in [4.78, 5) is 38.9. The summed E-state index contributed by atoms with van der Waals surface area (Å²) in [5, 5.41) is 15.1. The van der Waals surface area contributed by atoms with Gasteiger partial charge in [0, 0.05) is 24.0 Å². The first-order chi connectivity index (χ1) is 15.1. The zero-order valence-corrected chi connectivity index (χ0v) is 20.9. The molecule has 0 unspecified atom stereocenters. The van der Waals surface area contributed by atoms with Gasteiger partial charge in [0.2, 0.25) is 11.8 Å². The second kappa shape index (κ2) is 14.3. The summed E-state index contributed by atoms with van der Waals surface area (Å²) >= 11 is 5.62. The monoisotopic (exact) mass is 484 g/mol. The third-order valence-electron chi connectivity index (χ3n) is 5.22. The highest BCUT2D eigenvalue weighted by Gasteiger charge is 2.30. The highest BCUT2D eigenvalue weighted by molar-refractivity contribution is 7.98. The first-order valence-corrected chi connectivity index (χ1v) is 12.7. The van der Waals surface area contributed by atoms with Gasteiger partial charge < -0.3 is 26.4 Å². The maximum atomic E-state index is 13.0. The fourth-order valence-electron chi connectivity index (χ4n) is 3.04. The highest BCUT2D eigenvalue weighted by atomic mass is 32.2. The molecule has 10 heteroatoms. The van der Waals surface area contributed by atoms with Crippen LogP contribution in [0.1, 0.15) is 27.2 Å². The molecule has 0 bridgehead atoms. The molecular weight excluding hydrogens is 448 g/mol. The van der Waals surface area contributed by atoms with Crippen LogP contribution >= 0.6 is 24.4 Å². The predicted octanol–water partition coefficient (Wildman–Crippen LogP) is 1.60. The minimum absolute atomic E-state index is 0.0703. The number of hydrogen-bond acceptors (Lipinski definition) is 7. The van der Waals surface area contributed by atoms with Crippen LogP contribution in [0.25, 0.3) is 0 Å². The van der Waals surface area contributed by atoms with Crippen LogP contribution in [-0.4, -0.2) is 71.4 Å². The van der Waals surface area contributed by atoms with E-state index in [1.54, 1.807) is 6.92 Å². The average molecular weight is 485 g/mol. The van der Waals surface area contributed by atoms with Gasteiger partial charge in [-0.3, -0.25) is 9.59 Å². The van der Waals surface area contributed by atoms with Crippen LogP contribution in [0.5, 0.6) is 0 Å². The summed E-state index contributed by atoms with van der Waals surface area (Å²) in [6.45, 7) is 6.04. The number of benzene rings is 1.